The van der Waals surface area contributed by atoms with Gasteiger partial charge in [-0.1, -0.05) is 11.6 Å². The van der Waals surface area contributed by atoms with E-state index in [1.54, 1.807) is 13.3 Å². The minimum Gasteiger partial charge on any atom is -0.496 e. The molecule has 1 heterocycles. The molecule has 0 amide bonds. The van der Waals surface area contributed by atoms with Crippen LogP contribution in [0, 0.1) is 0 Å². The zero-order chi connectivity index (χ0) is 16.9. The zero-order valence-electron chi connectivity index (χ0n) is 13.3. The summed E-state index contributed by atoms with van der Waals surface area (Å²) in [7, 11) is 1.67. The summed E-state index contributed by atoms with van der Waals surface area (Å²) in [5.41, 5.74) is 2.86. The van der Waals surface area contributed by atoms with Gasteiger partial charge < -0.3 is 14.4 Å². The molecule has 0 N–H and O–H groups in total. The van der Waals surface area contributed by atoms with Crippen molar-refractivity contribution in [3.63, 3.8) is 0 Å². The third-order valence-corrected chi connectivity index (χ3v) is 5.08. The fraction of sp³-hybridized carbons (Fsp3) is 0.278. The predicted molar refractivity (Wildman–Crippen MR) is 102 cm³/mol. The Kier molecular flexibility index (Phi) is 5.76. The Bertz CT molecular complexity index is 746. The lowest BCUT2D eigenvalue weighted by Gasteiger charge is -2.29. The smallest absolute Gasteiger partial charge is 0.129 e. The molecule has 1 saturated heterocycles. The highest BCUT2D eigenvalue weighted by molar-refractivity contribution is 9.10. The number of hydrogen-bond acceptors (Lipinski definition) is 4. The highest BCUT2D eigenvalue weighted by Crippen LogP contribution is 2.28. The molecule has 0 aromatic heterocycles. The van der Waals surface area contributed by atoms with Gasteiger partial charge in [0.2, 0.25) is 0 Å². The molecule has 1 aliphatic heterocycles. The number of morpholine rings is 1. The fourth-order valence-corrected chi connectivity index (χ4v) is 2.96. The minimum atomic E-state index is 0.638. The van der Waals surface area contributed by atoms with Gasteiger partial charge in [0.1, 0.15) is 5.75 Å². The van der Waals surface area contributed by atoms with Crippen molar-refractivity contribution in [3.8, 4) is 5.75 Å². The number of ether oxygens (including phenoxy) is 2. The van der Waals surface area contributed by atoms with E-state index in [1.165, 1.54) is 0 Å². The maximum absolute atomic E-state index is 6.10. The molecule has 0 saturated carbocycles. The van der Waals surface area contributed by atoms with Crippen LogP contribution in [0.4, 0.5) is 11.4 Å². The van der Waals surface area contributed by atoms with Crippen molar-refractivity contribution in [1.82, 2.24) is 0 Å². The molecule has 2 aromatic carbocycles. The van der Waals surface area contributed by atoms with E-state index in [2.05, 4.69) is 31.9 Å². The number of halogens is 2. The van der Waals surface area contributed by atoms with E-state index in [4.69, 9.17) is 21.1 Å². The molecule has 24 heavy (non-hydrogen) atoms. The van der Waals surface area contributed by atoms with E-state index in [9.17, 15) is 0 Å². The maximum atomic E-state index is 6.10. The number of methoxy groups -OCH3 is 1. The molecular formula is C18H18BrClN2O2. The lowest BCUT2D eigenvalue weighted by atomic mass is 10.1. The molecule has 3 rings (SSSR count). The Morgan fingerprint density at radius 3 is 2.71 bits per heavy atom. The van der Waals surface area contributed by atoms with Crippen molar-refractivity contribution < 1.29 is 9.47 Å². The summed E-state index contributed by atoms with van der Waals surface area (Å²) in [5.74, 6) is 0.797. The highest BCUT2D eigenvalue weighted by atomic mass is 79.9. The number of nitrogens with zero attached hydrogens (tertiary/aromatic N) is 2. The van der Waals surface area contributed by atoms with Gasteiger partial charge in [0.15, 0.2) is 0 Å². The van der Waals surface area contributed by atoms with E-state index in [0.29, 0.717) is 5.02 Å². The van der Waals surface area contributed by atoms with Crippen molar-refractivity contribution in [3.05, 3.63) is 51.5 Å². The average Bonchev–Trinajstić information content (AvgIpc) is 2.63. The fourth-order valence-electron chi connectivity index (χ4n) is 2.53. The Balaban J connectivity index is 1.82. The first-order chi connectivity index (χ1) is 11.7. The second-order valence-corrected chi connectivity index (χ2v) is 6.64. The molecular weight excluding hydrogens is 392 g/mol. The van der Waals surface area contributed by atoms with Gasteiger partial charge in [0.25, 0.3) is 0 Å². The van der Waals surface area contributed by atoms with Crippen LogP contribution in [0.3, 0.4) is 0 Å². The molecule has 6 heteroatoms. The van der Waals surface area contributed by atoms with Crippen molar-refractivity contribution in [2.24, 2.45) is 4.99 Å². The maximum Gasteiger partial charge on any atom is 0.129 e. The quantitative estimate of drug-likeness (QED) is 0.687. The van der Waals surface area contributed by atoms with E-state index in [-0.39, 0.29) is 0 Å². The van der Waals surface area contributed by atoms with Crippen LogP contribution in [-0.4, -0.2) is 39.6 Å². The zero-order valence-corrected chi connectivity index (χ0v) is 15.7. The monoisotopic (exact) mass is 408 g/mol. The lowest BCUT2D eigenvalue weighted by molar-refractivity contribution is 0.122. The Hall–Kier alpha value is -1.56. The number of rotatable bonds is 4. The molecule has 0 radical (unpaired) electrons. The molecule has 0 unspecified atom stereocenters. The van der Waals surface area contributed by atoms with Gasteiger partial charge in [-0.2, -0.15) is 0 Å². The van der Waals surface area contributed by atoms with Gasteiger partial charge in [-0.15, -0.1) is 0 Å². The van der Waals surface area contributed by atoms with Crippen LogP contribution in [0.1, 0.15) is 5.56 Å². The second kappa shape index (κ2) is 8.01. The third-order valence-electron chi connectivity index (χ3n) is 3.85. The Morgan fingerprint density at radius 2 is 2.00 bits per heavy atom. The largest absolute Gasteiger partial charge is 0.496 e. The van der Waals surface area contributed by atoms with Crippen LogP contribution in [0.15, 0.2) is 45.9 Å². The summed E-state index contributed by atoms with van der Waals surface area (Å²) in [4.78, 5) is 6.78. The Morgan fingerprint density at radius 1 is 1.21 bits per heavy atom. The van der Waals surface area contributed by atoms with E-state index >= 15 is 0 Å². The summed E-state index contributed by atoms with van der Waals surface area (Å²) in [6, 6.07) is 11.8. The highest BCUT2D eigenvalue weighted by Gasteiger charge is 2.13. The number of anilines is 1. The summed E-state index contributed by atoms with van der Waals surface area (Å²) >= 11 is 9.48. The van der Waals surface area contributed by atoms with Gasteiger partial charge in [-0.25, -0.2) is 0 Å². The van der Waals surface area contributed by atoms with Crippen LogP contribution < -0.4 is 9.64 Å². The van der Waals surface area contributed by atoms with Crippen molar-refractivity contribution in [2.75, 3.05) is 38.3 Å². The SMILES string of the molecule is COc1cc(N2CCOCC2)ccc1C=Nc1ccc(Br)c(Cl)c1. The molecule has 2 aromatic rings. The summed E-state index contributed by atoms with van der Waals surface area (Å²) in [6.45, 7) is 3.31. The van der Waals surface area contributed by atoms with Gasteiger partial charge in [0.05, 0.1) is 31.0 Å². The predicted octanol–water partition coefficient (Wildman–Crippen LogP) is 4.70. The number of hydrogen-bond donors (Lipinski definition) is 0. The molecule has 1 fully saturated rings. The van der Waals surface area contributed by atoms with Crippen LogP contribution in [0.5, 0.6) is 5.75 Å². The Labute approximate surface area is 155 Å². The van der Waals surface area contributed by atoms with Crippen LogP contribution in [0.2, 0.25) is 5.02 Å². The first-order valence-electron chi connectivity index (χ1n) is 7.67. The van der Waals surface area contributed by atoms with E-state index < -0.39 is 0 Å². The first-order valence-corrected chi connectivity index (χ1v) is 8.84. The normalized spacial score (nSPS) is 15.0. The molecule has 0 atom stereocenters. The third kappa shape index (κ3) is 4.09. The number of aliphatic imine (C=N–C) groups is 1. The van der Waals surface area contributed by atoms with Crippen LogP contribution in [0.25, 0.3) is 0 Å². The summed E-state index contributed by atoms with van der Waals surface area (Å²) in [6.07, 6.45) is 1.79. The van der Waals surface area contributed by atoms with Gasteiger partial charge in [-0.05, 0) is 46.3 Å². The number of benzene rings is 2. The van der Waals surface area contributed by atoms with Crippen LogP contribution >= 0.6 is 27.5 Å². The van der Waals surface area contributed by atoms with Gasteiger partial charge >= 0.3 is 0 Å². The van der Waals surface area contributed by atoms with Crippen LogP contribution in [-0.2, 0) is 4.74 Å². The van der Waals surface area contributed by atoms with Gasteiger partial charge in [0, 0.05) is 41.1 Å². The second-order valence-electron chi connectivity index (χ2n) is 5.38. The molecule has 0 bridgehead atoms. The topological polar surface area (TPSA) is 34.1 Å². The van der Waals surface area contributed by atoms with E-state index in [0.717, 1.165) is 53.5 Å². The summed E-state index contributed by atoms with van der Waals surface area (Å²) < 4.78 is 11.8. The van der Waals surface area contributed by atoms with Crippen molar-refractivity contribution >= 4 is 45.1 Å². The van der Waals surface area contributed by atoms with E-state index in [1.807, 2.05) is 30.3 Å². The first kappa shape index (κ1) is 17.3. The standard InChI is InChI=1S/C18H18BrClN2O2/c1-23-18-11-15(22-6-8-24-9-7-22)4-2-13(18)12-21-14-3-5-16(19)17(20)10-14/h2-5,10-12H,6-9H2,1H3. The average molecular weight is 410 g/mol. The molecule has 0 spiro atoms. The molecule has 4 nitrogen and oxygen atoms in total. The molecule has 126 valence electrons. The van der Waals surface area contributed by atoms with Crippen molar-refractivity contribution in [2.45, 2.75) is 0 Å². The lowest BCUT2D eigenvalue weighted by Crippen LogP contribution is -2.36. The molecule has 1 aliphatic rings. The van der Waals surface area contributed by atoms with Crippen molar-refractivity contribution in [1.29, 1.82) is 0 Å². The van der Waals surface area contributed by atoms with Gasteiger partial charge in [-0.3, -0.25) is 4.99 Å². The molecule has 0 aliphatic carbocycles. The summed E-state index contributed by atoms with van der Waals surface area (Å²) in [5, 5.41) is 0.638. The minimum absolute atomic E-state index is 0.638.